The summed E-state index contributed by atoms with van der Waals surface area (Å²) in [5.41, 5.74) is -0.274. The Labute approximate surface area is 92.4 Å². The van der Waals surface area contributed by atoms with Crippen molar-refractivity contribution in [2.45, 2.75) is 13.3 Å². The first-order valence-corrected chi connectivity index (χ1v) is 4.75. The minimum absolute atomic E-state index is 0.0389. The molecule has 0 spiro atoms. The first-order chi connectivity index (χ1) is 6.45. The van der Waals surface area contributed by atoms with Crippen LogP contribution in [0, 0.1) is 6.92 Å². The van der Waals surface area contributed by atoms with Crippen molar-refractivity contribution in [1.29, 1.82) is 0 Å². The lowest BCUT2D eigenvalue weighted by Crippen LogP contribution is -2.03. The fourth-order valence-corrected chi connectivity index (χ4v) is 1.99. The van der Waals surface area contributed by atoms with Crippen LogP contribution in [0.1, 0.15) is 28.0 Å². The SMILES string of the molecule is Cc1c(C(F)F)ncc(Br)c1C(=O)Cl. The first kappa shape index (κ1) is 11.5. The van der Waals surface area contributed by atoms with Crippen LogP contribution in [0.25, 0.3) is 0 Å². The zero-order valence-corrected chi connectivity index (χ0v) is 9.36. The van der Waals surface area contributed by atoms with E-state index in [9.17, 15) is 13.6 Å². The molecule has 0 saturated carbocycles. The molecule has 0 aliphatic heterocycles. The number of nitrogens with zero attached hydrogens (tertiary/aromatic N) is 1. The summed E-state index contributed by atoms with van der Waals surface area (Å²) in [4.78, 5) is 14.4. The molecular formula is C8H5BrClF2NO. The van der Waals surface area contributed by atoms with E-state index in [1.165, 1.54) is 6.92 Å². The molecule has 76 valence electrons. The largest absolute Gasteiger partial charge is 0.280 e. The van der Waals surface area contributed by atoms with Crippen LogP contribution in [0.5, 0.6) is 0 Å². The smallest absolute Gasteiger partial charge is 0.276 e. The molecule has 1 aromatic heterocycles. The van der Waals surface area contributed by atoms with Crippen LogP contribution in [-0.2, 0) is 0 Å². The second-order valence-electron chi connectivity index (χ2n) is 2.57. The summed E-state index contributed by atoms with van der Waals surface area (Å²) >= 11 is 8.27. The molecule has 6 heteroatoms. The third-order valence-corrected chi connectivity index (χ3v) is 2.51. The Kier molecular flexibility index (Phi) is 3.55. The van der Waals surface area contributed by atoms with Crippen molar-refractivity contribution in [2.24, 2.45) is 0 Å². The van der Waals surface area contributed by atoms with E-state index in [2.05, 4.69) is 20.9 Å². The predicted octanol–water partition coefficient (Wildman–Crippen LogP) is 3.47. The van der Waals surface area contributed by atoms with Crippen LogP contribution in [0.2, 0.25) is 0 Å². The summed E-state index contributed by atoms with van der Waals surface area (Å²) in [5.74, 6) is 0. The summed E-state index contributed by atoms with van der Waals surface area (Å²) in [6.45, 7) is 1.38. The molecule has 0 aliphatic rings. The van der Waals surface area contributed by atoms with Gasteiger partial charge in [-0.2, -0.15) is 0 Å². The van der Waals surface area contributed by atoms with Gasteiger partial charge in [0.05, 0.1) is 5.56 Å². The molecule has 0 amide bonds. The Hall–Kier alpha value is -0.550. The maximum absolute atomic E-state index is 12.4. The topological polar surface area (TPSA) is 30.0 Å². The number of hydrogen-bond acceptors (Lipinski definition) is 2. The number of rotatable bonds is 2. The lowest BCUT2D eigenvalue weighted by atomic mass is 10.1. The van der Waals surface area contributed by atoms with Crippen molar-refractivity contribution in [3.63, 3.8) is 0 Å². The number of carbonyl (C=O) groups excluding carboxylic acids is 1. The van der Waals surface area contributed by atoms with Crippen LogP contribution >= 0.6 is 27.5 Å². The zero-order valence-electron chi connectivity index (χ0n) is 7.02. The molecule has 2 nitrogen and oxygen atoms in total. The number of carbonyl (C=O) groups is 1. The Morgan fingerprint density at radius 2 is 2.21 bits per heavy atom. The van der Waals surface area contributed by atoms with Gasteiger partial charge in [0.15, 0.2) is 0 Å². The third-order valence-electron chi connectivity index (χ3n) is 1.72. The lowest BCUT2D eigenvalue weighted by Gasteiger charge is -2.08. The van der Waals surface area contributed by atoms with Crippen molar-refractivity contribution in [3.05, 3.63) is 27.5 Å². The van der Waals surface area contributed by atoms with Crippen LogP contribution in [0.4, 0.5) is 8.78 Å². The maximum atomic E-state index is 12.4. The summed E-state index contributed by atoms with van der Waals surface area (Å²) in [6.07, 6.45) is -1.57. The lowest BCUT2D eigenvalue weighted by molar-refractivity contribution is 0.107. The standard InChI is InChI=1S/C8H5BrClF2NO/c1-3-5(7(10)14)4(9)2-13-6(3)8(11)12/h2,8H,1H3. The van der Waals surface area contributed by atoms with Gasteiger partial charge >= 0.3 is 0 Å². The van der Waals surface area contributed by atoms with Crippen molar-refractivity contribution < 1.29 is 13.6 Å². The van der Waals surface area contributed by atoms with Gasteiger partial charge in [-0.15, -0.1) is 0 Å². The number of aromatic nitrogens is 1. The van der Waals surface area contributed by atoms with Gasteiger partial charge in [0.2, 0.25) is 0 Å². The molecule has 1 aromatic rings. The van der Waals surface area contributed by atoms with Crippen molar-refractivity contribution in [3.8, 4) is 0 Å². The van der Waals surface area contributed by atoms with Gasteiger partial charge < -0.3 is 0 Å². The molecule has 0 unspecified atom stereocenters. The van der Waals surface area contributed by atoms with E-state index in [1.54, 1.807) is 0 Å². The molecule has 0 aliphatic carbocycles. The normalized spacial score (nSPS) is 10.7. The summed E-state index contributed by atoms with van der Waals surface area (Å²) < 4.78 is 25.1. The second-order valence-corrected chi connectivity index (χ2v) is 3.76. The van der Waals surface area contributed by atoms with Crippen LogP contribution in [-0.4, -0.2) is 10.2 Å². The van der Waals surface area contributed by atoms with Gasteiger partial charge in [0.25, 0.3) is 11.7 Å². The minimum Gasteiger partial charge on any atom is -0.276 e. The molecule has 1 rings (SSSR count). The van der Waals surface area contributed by atoms with E-state index in [0.717, 1.165) is 6.20 Å². The van der Waals surface area contributed by atoms with E-state index in [4.69, 9.17) is 11.6 Å². The van der Waals surface area contributed by atoms with Gasteiger partial charge in [-0.1, -0.05) is 0 Å². The van der Waals surface area contributed by atoms with Gasteiger partial charge in [-0.05, 0) is 40.0 Å². The van der Waals surface area contributed by atoms with E-state index >= 15 is 0 Å². The minimum atomic E-state index is -2.71. The molecule has 0 fully saturated rings. The van der Waals surface area contributed by atoms with E-state index in [0.29, 0.717) is 4.47 Å². The maximum Gasteiger partial charge on any atom is 0.280 e. The molecular weight excluding hydrogens is 279 g/mol. The Morgan fingerprint density at radius 3 is 2.64 bits per heavy atom. The summed E-state index contributed by atoms with van der Waals surface area (Å²) in [5, 5.41) is -0.779. The summed E-state index contributed by atoms with van der Waals surface area (Å²) in [7, 11) is 0. The molecule has 1 heterocycles. The second kappa shape index (κ2) is 4.31. The highest BCUT2D eigenvalue weighted by molar-refractivity contribution is 9.10. The summed E-state index contributed by atoms with van der Waals surface area (Å²) in [6, 6.07) is 0. The Morgan fingerprint density at radius 1 is 1.64 bits per heavy atom. The highest BCUT2D eigenvalue weighted by atomic mass is 79.9. The number of pyridine rings is 1. The fourth-order valence-electron chi connectivity index (χ4n) is 1.06. The third kappa shape index (κ3) is 2.09. The molecule has 0 radical (unpaired) electrons. The molecule has 0 N–H and O–H groups in total. The number of alkyl halides is 2. The van der Waals surface area contributed by atoms with Gasteiger partial charge in [0, 0.05) is 10.7 Å². The van der Waals surface area contributed by atoms with E-state index < -0.39 is 17.4 Å². The molecule has 0 bridgehead atoms. The quantitative estimate of drug-likeness (QED) is 0.778. The van der Waals surface area contributed by atoms with E-state index in [-0.39, 0.29) is 11.1 Å². The first-order valence-electron chi connectivity index (χ1n) is 3.58. The van der Waals surface area contributed by atoms with Crippen molar-refractivity contribution in [1.82, 2.24) is 4.98 Å². The van der Waals surface area contributed by atoms with Gasteiger partial charge in [0.1, 0.15) is 5.69 Å². The van der Waals surface area contributed by atoms with Crippen molar-refractivity contribution >= 4 is 32.8 Å². The highest BCUT2D eigenvalue weighted by Gasteiger charge is 2.20. The van der Waals surface area contributed by atoms with Crippen LogP contribution in [0.15, 0.2) is 10.7 Å². The van der Waals surface area contributed by atoms with Gasteiger partial charge in [-0.25, -0.2) is 8.78 Å². The van der Waals surface area contributed by atoms with Crippen LogP contribution in [0.3, 0.4) is 0 Å². The fraction of sp³-hybridized carbons (Fsp3) is 0.250. The number of hydrogen-bond donors (Lipinski definition) is 0. The average molecular weight is 284 g/mol. The highest BCUT2D eigenvalue weighted by Crippen LogP contribution is 2.28. The zero-order chi connectivity index (χ0) is 10.9. The van der Waals surface area contributed by atoms with Gasteiger partial charge in [-0.3, -0.25) is 9.78 Å². The predicted molar refractivity (Wildman–Crippen MR) is 51.8 cm³/mol. The molecule has 14 heavy (non-hydrogen) atoms. The Balaban J connectivity index is 3.41. The van der Waals surface area contributed by atoms with E-state index in [1.807, 2.05) is 0 Å². The number of halogens is 4. The van der Waals surface area contributed by atoms with Crippen molar-refractivity contribution in [2.75, 3.05) is 0 Å². The molecule has 0 atom stereocenters. The molecule has 0 aromatic carbocycles. The monoisotopic (exact) mass is 283 g/mol. The Bertz CT molecular complexity index is 384. The van der Waals surface area contributed by atoms with Crippen LogP contribution < -0.4 is 0 Å². The molecule has 0 saturated heterocycles. The average Bonchev–Trinajstić information content (AvgIpc) is 2.02.